The van der Waals surface area contributed by atoms with Crippen molar-refractivity contribution in [2.75, 3.05) is 13.2 Å². The van der Waals surface area contributed by atoms with Crippen LogP contribution < -0.4 is 11.1 Å². The van der Waals surface area contributed by atoms with Gasteiger partial charge in [0.15, 0.2) is 0 Å². The number of nitrogens with zero attached hydrogens (tertiary/aromatic N) is 1. The van der Waals surface area contributed by atoms with Crippen LogP contribution in [0.3, 0.4) is 0 Å². The second-order valence-corrected chi connectivity index (χ2v) is 3.86. The molecular formula is C9H17N3O3. The topological polar surface area (TPSA) is 84.7 Å². The minimum Gasteiger partial charge on any atom is -0.352 e. The van der Waals surface area contributed by atoms with E-state index in [0.717, 1.165) is 6.42 Å². The van der Waals surface area contributed by atoms with Crippen molar-refractivity contribution in [1.82, 2.24) is 10.4 Å². The maximum atomic E-state index is 11.9. The van der Waals surface area contributed by atoms with E-state index >= 15 is 0 Å². The first-order valence-corrected chi connectivity index (χ1v) is 5.02. The van der Waals surface area contributed by atoms with Crippen molar-refractivity contribution < 1.29 is 14.4 Å². The van der Waals surface area contributed by atoms with Gasteiger partial charge in [0.1, 0.15) is 6.04 Å². The van der Waals surface area contributed by atoms with E-state index in [-0.39, 0.29) is 11.8 Å². The molecule has 6 nitrogen and oxygen atoms in total. The predicted octanol–water partition coefficient (Wildman–Crippen LogP) is -0.157. The molecule has 0 aromatic heterocycles. The average molecular weight is 215 g/mol. The van der Waals surface area contributed by atoms with Crippen LogP contribution in [0.25, 0.3) is 0 Å². The van der Waals surface area contributed by atoms with Crippen LogP contribution >= 0.6 is 0 Å². The lowest BCUT2D eigenvalue weighted by Gasteiger charge is -2.24. The summed E-state index contributed by atoms with van der Waals surface area (Å²) < 4.78 is 0. The third-order valence-electron chi connectivity index (χ3n) is 2.23. The van der Waals surface area contributed by atoms with Gasteiger partial charge in [0.2, 0.25) is 0 Å². The van der Waals surface area contributed by atoms with Crippen molar-refractivity contribution in [3.8, 4) is 0 Å². The van der Waals surface area contributed by atoms with Crippen LogP contribution in [0.2, 0.25) is 0 Å². The molecule has 0 saturated carbocycles. The van der Waals surface area contributed by atoms with Crippen molar-refractivity contribution in [3.63, 3.8) is 0 Å². The van der Waals surface area contributed by atoms with E-state index in [4.69, 9.17) is 10.6 Å². The molecule has 86 valence electrons. The number of nitrogens with two attached hydrogens (primary N) is 1. The zero-order valence-corrected chi connectivity index (χ0v) is 9.03. The summed E-state index contributed by atoms with van der Waals surface area (Å²) in [5.74, 6) is -0.254. The van der Waals surface area contributed by atoms with Crippen LogP contribution in [0.15, 0.2) is 0 Å². The van der Waals surface area contributed by atoms with Crippen LogP contribution in [-0.2, 0) is 9.63 Å². The molecule has 1 heterocycles. The first-order chi connectivity index (χ1) is 7.02. The predicted molar refractivity (Wildman–Crippen MR) is 53.6 cm³/mol. The van der Waals surface area contributed by atoms with Crippen molar-refractivity contribution in [3.05, 3.63) is 0 Å². The quantitative estimate of drug-likeness (QED) is 0.686. The highest BCUT2D eigenvalue weighted by Gasteiger charge is 2.30. The molecule has 3 N–H and O–H groups in total. The highest BCUT2D eigenvalue weighted by atomic mass is 16.7. The number of primary amides is 1. The molecule has 1 saturated heterocycles. The molecule has 1 atom stereocenters. The summed E-state index contributed by atoms with van der Waals surface area (Å²) in [6.07, 6.45) is 0.827. The maximum absolute atomic E-state index is 11.9. The maximum Gasteiger partial charge on any atom is 0.312 e. The summed E-state index contributed by atoms with van der Waals surface area (Å²) >= 11 is 0. The molecule has 3 amide bonds. The van der Waals surface area contributed by atoms with Gasteiger partial charge in [-0.15, -0.1) is 0 Å². The van der Waals surface area contributed by atoms with Crippen LogP contribution in [-0.4, -0.2) is 36.2 Å². The molecule has 1 aliphatic rings. The number of hydrogen-bond donors (Lipinski definition) is 2. The fourth-order valence-electron chi connectivity index (χ4n) is 1.44. The normalized spacial score (nSPS) is 17.9. The minimum absolute atomic E-state index is 0.0193. The van der Waals surface area contributed by atoms with Crippen LogP contribution in [0, 0.1) is 5.92 Å². The Labute approximate surface area is 88.7 Å². The lowest BCUT2D eigenvalue weighted by Crippen LogP contribution is -2.51. The summed E-state index contributed by atoms with van der Waals surface area (Å²) in [7, 11) is 0. The first-order valence-electron chi connectivity index (χ1n) is 5.02. The Morgan fingerprint density at radius 1 is 1.47 bits per heavy atom. The van der Waals surface area contributed by atoms with Gasteiger partial charge in [0.25, 0.3) is 5.91 Å². The third-order valence-corrected chi connectivity index (χ3v) is 2.23. The van der Waals surface area contributed by atoms with E-state index in [0.29, 0.717) is 13.2 Å². The number of nitrogens with one attached hydrogen (secondary N) is 1. The van der Waals surface area contributed by atoms with Crippen molar-refractivity contribution in [1.29, 1.82) is 0 Å². The molecule has 1 fully saturated rings. The van der Waals surface area contributed by atoms with E-state index in [1.54, 1.807) is 0 Å². The van der Waals surface area contributed by atoms with E-state index in [9.17, 15) is 9.59 Å². The lowest BCUT2D eigenvalue weighted by molar-refractivity contribution is -0.171. The van der Waals surface area contributed by atoms with Gasteiger partial charge >= 0.3 is 6.03 Å². The summed E-state index contributed by atoms with van der Waals surface area (Å²) in [6, 6.07) is -1.30. The molecule has 0 bridgehead atoms. The molecule has 0 aromatic carbocycles. The second kappa shape index (κ2) is 4.97. The summed E-state index contributed by atoms with van der Waals surface area (Å²) in [5.41, 5.74) is 5.01. The van der Waals surface area contributed by atoms with Gasteiger partial charge in [0.05, 0.1) is 13.2 Å². The molecule has 15 heavy (non-hydrogen) atoms. The van der Waals surface area contributed by atoms with Crippen LogP contribution in [0.5, 0.6) is 0 Å². The van der Waals surface area contributed by atoms with Gasteiger partial charge in [-0.3, -0.25) is 9.63 Å². The summed E-state index contributed by atoms with van der Waals surface area (Å²) in [6.45, 7) is 4.80. The Kier molecular flexibility index (Phi) is 3.90. The van der Waals surface area contributed by atoms with Gasteiger partial charge in [-0.05, 0) is 12.3 Å². The monoisotopic (exact) mass is 215 g/mol. The molecule has 1 rings (SSSR count). The number of hydroxylamine groups is 2. The molecule has 0 radical (unpaired) electrons. The van der Waals surface area contributed by atoms with Gasteiger partial charge in [0, 0.05) is 0 Å². The number of rotatable bonds is 3. The molecule has 0 spiro atoms. The number of hydrogen-bond acceptors (Lipinski definition) is 3. The summed E-state index contributed by atoms with van der Waals surface area (Å²) in [4.78, 5) is 27.7. The van der Waals surface area contributed by atoms with Gasteiger partial charge in [-0.1, -0.05) is 13.8 Å². The third kappa shape index (κ3) is 3.09. The molecule has 0 aromatic rings. The molecule has 0 aliphatic carbocycles. The number of carbonyl (C=O) groups excluding carboxylic acids is 2. The zero-order chi connectivity index (χ0) is 11.4. The molecule has 6 heteroatoms. The zero-order valence-electron chi connectivity index (χ0n) is 9.03. The Hall–Kier alpha value is -1.30. The average Bonchev–Trinajstić information content (AvgIpc) is 2.65. The fraction of sp³-hybridized carbons (Fsp3) is 0.778. The van der Waals surface area contributed by atoms with Crippen LogP contribution in [0.4, 0.5) is 4.79 Å². The standard InChI is InChI=1S/C9H17N3O3/c1-6(2)7(11-9(10)14)8(13)12-4-3-5-15-12/h6-7H,3-5H2,1-2H3,(H3,10,11,14). The Balaban J connectivity index is 2.61. The van der Waals surface area contributed by atoms with E-state index < -0.39 is 12.1 Å². The number of urea groups is 1. The second-order valence-electron chi connectivity index (χ2n) is 3.86. The van der Waals surface area contributed by atoms with Gasteiger partial charge in [-0.25, -0.2) is 9.86 Å². The molecule has 1 unspecified atom stereocenters. The van der Waals surface area contributed by atoms with E-state index in [1.165, 1.54) is 5.06 Å². The van der Waals surface area contributed by atoms with Crippen LogP contribution in [0.1, 0.15) is 20.3 Å². The van der Waals surface area contributed by atoms with Gasteiger partial charge < -0.3 is 11.1 Å². The molecular weight excluding hydrogens is 198 g/mol. The fourth-order valence-corrected chi connectivity index (χ4v) is 1.44. The highest BCUT2D eigenvalue weighted by Crippen LogP contribution is 2.11. The minimum atomic E-state index is -0.693. The van der Waals surface area contributed by atoms with Crippen molar-refractivity contribution in [2.24, 2.45) is 11.7 Å². The summed E-state index contributed by atoms with van der Waals surface area (Å²) in [5, 5.41) is 3.72. The molecule has 1 aliphatic heterocycles. The van der Waals surface area contributed by atoms with Crippen molar-refractivity contribution in [2.45, 2.75) is 26.3 Å². The SMILES string of the molecule is CC(C)C(NC(N)=O)C(=O)N1CCCO1. The Morgan fingerprint density at radius 2 is 2.13 bits per heavy atom. The number of amides is 3. The first kappa shape index (κ1) is 11.8. The van der Waals surface area contributed by atoms with E-state index in [2.05, 4.69) is 5.32 Å². The smallest absolute Gasteiger partial charge is 0.312 e. The highest BCUT2D eigenvalue weighted by molar-refractivity contribution is 5.86. The Bertz CT molecular complexity index is 249. The van der Waals surface area contributed by atoms with Crippen molar-refractivity contribution >= 4 is 11.9 Å². The largest absolute Gasteiger partial charge is 0.352 e. The number of carbonyl (C=O) groups is 2. The van der Waals surface area contributed by atoms with Gasteiger partial charge in [-0.2, -0.15) is 0 Å². The lowest BCUT2D eigenvalue weighted by atomic mass is 10.0. The Morgan fingerprint density at radius 3 is 2.53 bits per heavy atom. The van der Waals surface area contributed by atoms with E-state index in [1.807, 2.05) is 13.8 Å².